The summed E-state index contributed by atoms with van der Waals surface area (Å²) in [6, 6.07) is 12.0. The van der Waals surface area contributed by atoms with Crippen molar-refractivity contribution in [3.05, 3.63) is 42.0 Å². The molecule has 2 saturated heterocycles. The number of hydrogen-bond donors (Lipinski definition) is 1. The molecule has 0 aromatic heterocycles. The van der Waals surface area contributed by atoms with Crippen molar-refractivity contribution < 1.29 is 14.3 Å². The van der Waals surface area contributed by atoms with Gasteiger partial charge in [-0.25, -0.2) is 0 Å². The highest BCUT2D eigenvalue weighted by atomic mass is 16.5. The molecule has 0 aliphatic carbocycles. The third kappa shape index (κ3) is 3.51. The van der Waals surface area contributed by atoms with E-state index in [0.29, 0.717) is 13.2 Å². The van der Waals surface area contributed by atoms with Crippen molar-refractivity contribution in [3.8, 4) is 0 Å². The van der Waals surface area contributed by atoms with E-state index < -0.39 is 0 Å². The van der Waals surface area contributed by atoms with Crippen LogP contribution in [0, 0.1) is 5.92 Å². The molecule has 152 valence electrons. The summed E-state index contributed by atoms with van der Waals surface area (Å²) in [7, 11) is 0. The van der Waals surface area contributed by atoms with Crippen molar-refractivity contribution in [2.75, 3.05) is 37.8 Å². The normalized spacial score (nSPS) is 22.6. The number of benzene rings is 2. The van der Waals surface area contributed by atoms with Gasteiger partial charge in [0, 0.05) is 43.1 Å². The average Bonchev–Trinajstić information content (AvgIpc) is 3.37. The minimum atomic E-state index is 0.0579. The Bertz CT molecular complexity index is 925. The van der Waals surface area contributed by atoms with E-state index in [9.17, 15) is 9.59 Å². The van der Waals surface area contributed by atoms with E-state index in [2.05, 4.69) is 22.3 Å². The van der Waals surface area contributed by atoms with Crippen LogP contribution in [0.2, 0.25) is 0 Å². The predicted octanol–water partition coefficient (Wildman–Crippen LogP) is 2.76. The fourth-order valence-electron chi connectivity index (χ4n) is 4.82. The fourth-order valence-corrected chi connectivity index (χ4v) is 4.82. The highest BCUT2D eigenvalue weighted by molar-refractivity contribution is 6.24. The number of rotatable bonds is 5. The summed E-state index contributed by atoms with van der Waals surface area (Å²) in [4.78, 5) is 29.6. The molecule has 3 heterocycles. The second-order valence-electron chi connectivity index (χ2n) is 8.33. The molecule has 3 aliphatic rings. The van der Waals surface area contributed by atoms with E-state index in [0.717, 1.165) is 67.4 Å². The molecule has 2 amide bonds. The van der Waals surface area contributed by atoms with Gasteiger partial charge in [0.1, 0.15) is 0 Å². The highest BCUT2D eigenvalue weighted by Crippen LogP contribution is 2.37. The van der Waals surface area contributed by atoms with Crippen molar-refractivity contribution in [3.63, 3.8) is 0 Å². The zero-order chi connectivity index (χ0) is 19.8. The Hall–Kier alpha value is -2.44. The Labute approximate surface area is 170 Å². The quantitative estimate of drug-likeness (QED) is 0.849. The lowest BCUT2D eigenvalue weighted by Gasteiger charge is -2.34. The molecule has 6 heteroatoms. The minimum Gasteiger partial charge on any atom is -0.376 e. The molecule has 0 radical (unpaired) electrons. The number of ether oxygens (including phenoxy) is 1. The number of nitrogens with one attached hydrogen (secondary N) is 1. The van der Waals surface area contributed by atoms with E-state index in [-0.39, 0.29) is 23.8 Å². The Balaban J connectivity index is 1.18. The van der Waals surface area contributed by atoms with Crippen LogP contribution in [-0.2, 0) is 9.53 Å². The van der Waals surface area contributed by atoms with Crippen LogP contribution in [0.4, 0.5) is 5.69 Å². The first-order valence-electron chi connectivity index (χ1n) is 10.7. The summed E-state index contributed by atoms with van der Waals surface area (Å²) in [6.07, 6.45) is 3.97. The maximum absolute atomic E-state index is 13.0. The molecule has 1 N–H and O–H groups in total. The minimum absolute atomic E-state index is 0.0579. The molecular formula is C23H27N3O3. The number of hydrogen-bond acceptors (Lipinski definition) is 4. The van der Waals surface area contributed by atoms with Gasteiger partial charge in [-0.3, -0.25) is 19.4 Å². The number of piperidine rings is 1. The van der Waals surface area contributed by atoms with Crippen LogP contribution >= 0.6 is 0 Å². The van der Waals surface area contributed by atoms with E-state index in [1.54, 1.807) is 0 Å². The average molecular weight is 393 g/mol. The molecule has 2 aromatic rings. The first kappa shape index (κ1) is 18.6. The van der Waals surface area contributed by atoms with E-state index in [1.165, 1.54) is 0 Å². The summed E-state index contributed by atoms with van der Waals surface area (Å²) >= 11 is 0. The van der Waals surface area contributed by atoms with Gasteiger partial charge in [-0.1, -0.05) is 24.3 Å². The predicted molar refractivity (Wildman–Crippen MR) is 112 cm³/mol. The standard InChI is InChI=1S/C23H27N3O3/c27-22(24-14-18-6-3-13-29-18)17-9-11-25(12-10-17)15-26-20-8-2-5-16-4-1-7-19(21(16)20)23(26)28/h1-2,4-5,7-8,17-18H,3,6,9-15H2,(H,24,27). The van der Waals surface area contributed by atoms with Gasteiger partial charge in [0.05, 0.1) is 18.5 Å². The Kier molecular flexibility index (Phi) is 4.97. The molecule has 0 saturated carbocycles. The van der Waals surface area contributed by atoms with Gasteiger partial charge >= 0.3 is 0 Å². The molecular weight excluding hydrogens is 366 g/mol. The first-order valence-corrected chi connectivity index (χ1v) is 10.7. The van der Waals surface area contributed by atoms with Crippen LogP contribution in [0.25, 0.3) is 10.8 Å². The van der Waals surface area contributed by atoms with Crippen molar-refractivity contribution >= 4 is 28.3 Å². The molecule has 5 rings (SSSR count). The molecule has 29 heavy (non-hydrogen) atoms. The van der Waals surface area contributed by atoms with Crippen molar-refractivity contribution in [2.45, 2.75) is 31.8 Å². The maximum atomic E-state index is 13.0. The van der Waals surface area contributed by atoms with Gasteiger partial charge < -0.3 is 10.1 Å². The summed E-state index contributed by atoms with van der Waals surface area (Å²) in [6.45, 7) is 3.68. The molecule has 2 aromatic carbocycles. The van der Waals surface area contributed by atoms with Gasteiger partial charge in [0.2, 0.25) is 5.91 Å². The van der Waals surface area contributed by atoms with Crippen molar-refractivity contribution in [1.82, 2.24) is 10.2 Å². The van der Waals surface area contributed by atoms with E-state index in [1.807, 2.05) is 29.2 Å². The van der Waals surface area contributed by atoms with E-state index in [4.69, 9.17) is 4.74 Å². The van der Waals surface area contributed by atoms with Crippen LogP contribution in [0.5, 0.6) is 0 Å². The van der Waals surface area contributed by atoms with E-state index >= 15 is 0 Å². The lowest BCUT2D eigenvalue weighted by atomic mass is 9.96. The van der Waals surface area contributed by atoms with Crippen LogP contribution in [0.3, 0.4) is 0 Å². The van der Waals surface area contributed by atoms with Gasteiger partial charge in [-0.05, 0) is 43.2 Å². The van der Waals surface area contributed by atoms with Gasteiger partial charge in [-0.2, -0.15) is 0 Å². The first-order chi connectivity index (χ1) is 14.2. The number of likely N-dealkylation sites (tertiary alicyclic amines) is 1. The van der Waals surface area contributed by atoms with Crippen LogP contribution in [0.15, 0.2) is 36.4 Å². The molecule has 0 spiro atoms. The van der Waals surface area contributed by atoms with Crippen molar-refractivity contribution in [1.29, 1.82) is 0 Å². The van der Waals surface area contributed by atoms with Crippen LogP contribution in [0.1, 0.15) is 36.0 Å². The van der Waals surface area contributed by atoms with Gasteiger partial charge in [0.15, 0.2) is 0 Å². The van der Waals surface area contributed by atoms with Crippen molar-refractivity contribution in [2.24, 2.45) is 5.92 Å². The zero-order valence-corrected chi connectivity index (χ0v) is 16.6. The topological polar surface area (TPSA) is 61.9 Å². The third-order valence-electron chi connectivity index (χ3n) is 6.48. The lowest BCUT2D eigenvalue weighted by Crippen LogP contribution is -2.46. The summed E-state index contributed by atoms with van der Waals surface area (Å²) in [5.41, 5.74) is 1.79. The second kappa shape index (κ2) is 7.76. The van der Waals surface area contributed by atoms with Gasteiger partial charge in [-0.15, -0.1) is 0 Å². The third-order valence-corrected chi connectivity index (χ3v) is 6.48. The highest BCUT2D eigenvalue weighted by Gasteiger charge is 2.32. The Morgan fingerprint density at radius 2 is 1.90 bits per heavy atom. The molecule has 3 aliphatic heterocycles. The summed E-state index contributed by atoms with van der Waals surface area (Å²) in [5.74, 6) is 0.283. The molecule has 2 fully saturated rings. The molecule has 6 nitrogen and oxygen atoms in total. The monoisotopic (exact) mass is 393 g/mol. The fraction of sp³-hybridized carbons (Fsp3) is 0.478. The molecule has 0 bridgehead atoms. The summed E-state index contributed by atoms with van der Waals surface area (Å²) in [5, 5.41) is 5.23. The number of anilines is 1. The van der Waals surface area contributed by atoms with Crippen LogP contribution in [-0.4, -0.2) is 55.7 Å². The largest absolute Gasteiger partial charge is 0.376 e. The number of carbonyl (C=O) groups is 2. The Morgan fingerprint density at radius 3 is 2.66 bits per heavy atom. The van der Waals surface area contributed by atoms with Gasteiger partial charge in [0.25, 0.3) is 5.91 Å². The number of nitrogens with zero attached hydrogens (tertiary/aromatic N) is 2. The lowest BCUT2D eigenvalue weighted by molar-refractivity contribution is -0.126. The summed E-state index contributed by atoms with van der Waals surface area (Å²) < 4.78 is 5.58. The maximum Gasteiger partial charge on any atom is 0.260 e. The number of carbonyl (C=O) groups excluding carboxylic acids is 2. The zero-order valence-electron chi connectivity index (χ0n) is 16.6. The number of amides is 2. The smallest absolute Gasteiger partial charge is 0.260 e. The Morgan fingerprint density at radius 1 is 1.10 bits per heavy atom. The van der Waals surface area contributed by atoms with Crippen LogP contribution < -0.4 is 10.2 Å². The SMILES string of the molecule is O=C(NCC1CCCO1)C1CCN(CN2C(=O)c3cccc4cccc2c34)CC1. The molecule has 1 atom stereocenters. The molecule has 1 unspecified atom stereocenters. The second-order valence-corrected chi connectivity index (χ2v) is 8.33.